The van der Waals surface area contributed by atoms with E-state index >= 15 is 0 Å². The van der Waals surface area contributed by atoms with Crippen LogP contribution in [0.25, 0.3) is 22.3 Å². The van der Waals surface area contributed by atoms with Gasteiger partial charge in [-0.1, -0.05) is 66.7 Å². The zero-order valence-electron chi connectivity index (χ0n) is 10.6. The summed E-state index contributed by atoms with van der Waals surface area (Å²) in [5.41, 5.74) is 11.5. The molecular weight excluding hydrogens is 230 g/mol. The van der Waals surface area contributed by atoms with E-state index in [1.54, 1.807) is 0 Å². The standard InChI is InChI=1S/C18H15N/c19-16-10-6-9-15(13-16)18-12-5-4-11-17(18)14-7-2-1-3-8-14/h1-13H,19H2. The quantitative estimate of drug-likeness (QED) is 0.656. The van der Waals surface area contributed by atoms with Crippen molar-refractivity contribution in [3.63, 3.8) is 0 Å². The number of rotatable bonds is 2. The molecule has 19 heavy (non-hydrogen) atoms. The van der Waals surface area contributed by atoms with Gasteiger partial charge in [0, 0.05) is 5.69 Å². The summed E-state index contributed by atoms with van der Waals surface area (Å²) in [5, 5.41) is 0. The second kappa shape index (κ2) is 4.99. The highest BCUT2D eigenvalue weighted by Gasteiger charge is 2.06. The lowest BCUT2D eigenvalue weighted by Gasteiger charge is -2.10. The fraction of sp³-hybridized carbons (Fsp3) is 0. The molecule has 0 aliphatic carbocycles. The highest BCUT2D eigenvalue weighted by Crippen LogP contribution is 2.32. The van der Waals surface area contributed by atoms with Crippen LogP contribution in [0, 0.1) is 0 Å². The van der Waals surface area contributed by atoms with E-state index in [1.807, 2.05) is 24.3 Å². The van der Waals surface area contributed by atoms with E-state index in [0.29, 0.717) is 0 Å². The molecule has 2 N–H and O–H groups in total. The second-order valence-corrected chi connectivity index (χ2v) is 4.54. The van der Waals surface area contributed by atoms with Gasteiger partial charge in [0.1, 0.15) is 0 Å². The minimum absolute atomic E-state index is 0.792. The zero-order valence-corrected chi connectivity index (χ0v) is 10.6. The summed E-state index contributed by atoms with van der Waals surface area (Å²) in [6.45, 7) is 0. The maximum Gasteiger partial charge on any atom is 0.0320 e. The van der Waals surface area contributed by atoms with Crippen LogP contribution in [0.3, 0.4) is 0 Å². The Balaban J connectivity index is 2.18. The molecule has 1 heteroatoms. The van der Waals surface area contributed by atoms with E-state index in [-0.39, 0.29) is 0 Å². The van der Waals surface area contributed by atoms with Crippen LogP contribution in [-0.4, -0.2) is 0 Å². The third-order valence-corrected chi connectivity index (χ3v) is 3.21. The molecule has 0 amide bonds. The van der Waals surface area contributed by atoms with Crippen LogP contribution in [0.4, 0.5) is 5.69 Å². The Morgan fingerprint density at radius 2 is 1.11 bits per heavy atom. The Morgan fingerprint density at radius 1 is 0.526 bits per heavy atom. The molecule has 0 atom stereocenters. The Hall–Kier alpha value is -2.54. The molecule has 0 saturated carbocycles. The van der Waals surface area contributed by atoms with E-state index in [4.69, 9.17) is 5.73 Å². The van der Waals surface area contributed by atoms with Gasteiger partial charge in [0.2, 0.25) is 0 Å². The third-order valence-electron chi connectivity index (χ3n) is 3.21. The van der Waals surface area contributed by atoms with E-state index in [1.165, 1.54) is 16.7 Å². The van der Waals surface area contributed by atoms with Crippen molar-refractivity contribution in [1.82, 2.24) is 0 Å². The smallest absolute Gasteiger partial charge is 0.0320 e. The maximum absolute atomic E-state index is 5.88. The normalized spacial score (nSPS) is 10.3. The number of hydrogen-bond acceptors (Lipinski definition) is 1. The van der Waals surface area contributed by atoms with Gasteiger partial charge in [-0.3, -0.25) is 0 Å². The van der Waals surface area contributed by atoms with Gasteiger partial charge >= 0.3 is 0 Å². The van der Waals surface area contributed by atoms with Crippen molar-refractivity contribution in [1.29, 1.82) is 0 Å². The molecule has 0 bridgehead atoms. The molecule has 0 aliphatic heterocycles. The van der Waals surface area contributed by atoms with Crippen molar-refractivity contribution in [2.45, 2.75) is 0 Å². The minimum Gasteiger partial charge on any atom is -0.399 e. The van der Waals surface area contributed by atoms with Crippen molar-refractivity contribution in [3.8, 4) is 22.3 Å². The van der Waals surface area contributed by atoms with Crippen molar-refractivity contribution in [3.05, 3.63) is 78.9 Å². The van der Waals surface area contributed by atoms with Crippen molar-refractivity contribution >= 4 is 5.69 Å². The molecule has 0 fully saturated rings. The summed E-state index contributed by atoms with van der Waals surface area (Å²) in [5.74, 6) is 0. The molecule has 92 valence electrons. The largest absolute Gasteiger partial charge is 0.399 e. The number of nitrogens with two attached hydrogens (primary N) is 1. The lowest BCUT2D eigenvalue weighted by atomic mass is 9.94. The van der Waals surface area contributed by atoms with E-state index in [9.17, 15) is 0 Å². The van der Waals surface area contributed by atoms with Gasteiger partial charge in [0.05, 0.1) is 0 Å². The second-order valence-electron chi connectivity index (χ2n) is 4.54. The average molecular weight is 245 g/mol. The van der Waals surface area contributed by atoms with Gasteiger partial charge in [0.15, 0.2) is 0 Å². The topological polar surface area (TPSA) is 26.0 Å². The zero-order chi connectivity index (χ0) is 13.1. The van der Waals surface area contributed by atoms with Gasteiger partial charge in [-0.2, -0.15) is 0 Å². The number of benzene rings is 3. The van der Waals surface area contributed by atoms with Gasteiger partial charge in [-0.15, -0.1) is 0 Å². The molecule has 0 aliphatic rings. The summed E-state index contributed by atoms with van der Waals surface area (Å²) < 4.78 is 0. The molecule has 3 aromatic rings. The number of nitrogen functional groups attached to an aromatic ring is 1. The Morgan fingerprint density at radius 3 is 1.79 bits per heavy atom. The minimum atomic E-state index is 0.792. The molecule has 3 aromatic carbocycles. The summed E-state index contributed by atoms with van der Waals surface area (Å²) in [4.78, 5) is 0. The van der Waals surface area contributed by atoms with Crippen LogP contribution in [0.5, 0.6) is 0 Å². The van der Waals surface area contributed by atoms with Crippen molar-refractivity contribution in [2.24, 2.45) is 0 Å². The molecule has 0 unspecified atom stereocenters. The molecule has 0 heterocycles. The summed E-state index contributed by atoms with van der Waals surface area (Å²) >= 11 is 0. The maximum atomic E-state index is 5.88. The molecule has 3 rings (SSSR count). The monoisotopic (exact) mass is 245 g/mol. The van der Waals surface area contributed by atoms with Crippen LogP contribution in [0.1, 0.15) is 0 Å². The van der Waals surface area contributed by atoms with Crippen molar-refractivity contribution in [2.75, 3.05) is 5.73 Å². The molecule has 0 radical (unpaired) electrons. The van der Waals surface area contributed by atoms with Crippen LogP contribution < -0.4 is 5.73 Å². The van der Waals surface area contributed by atoms with Crippen LogP contribution >= 0.6 is 0 Å². The molecule has 0 aromatic heterocycles. The summed E-state index contributed by atoms with van der Waals surface area (Å²) in [6, 6.07) is 26.8. The summed E-state index contributed by atoms with van der Waals surface area (Å²) in [6.07, 6.45) is 0. The fourth-order valence-corrected chi connectivity index (χ4v) is 2.31. The van der Waals surface area contributed by atoms with Crippen LogP contribution in [-0.2, 0) is 0 Å². The third kappa shape index (κ3) is 2.36. The Bertz CT molecular complexity index is 687. The van der Waals surface area contributed by atoms with E-state index in [2.05, 4.69) is 54.6 Å². The van der Waals surface area contributed by atoms with E-state index < -0.39 is 0 Å². The first-order valence-electron chi connectivity index (χ1n) is 6.35. The van der Waals surface area contributed by atoms with Crippen LogP contribution in [0.15, 0.2) is 78.9 Å². The molecule has 0 spiro atoms. The average Bonchev–Trinajstić information content (AvgIpc) is 2.48. The predicted molar refractivity (Wildman–Crippen MR) is 81.7 cm³/mol. The molecule has 1 nitrogen and oxygen atoms in total. The highest BCUT2D eigenvalue weighted by molar-refractivity contribution is 5.84. The van der Waals surface area contributed by atoms with Gasteiger partial charge < -0.3 is 5.73 Å². The molecule has 0 saturated heterocycles. The van der Waals surface area contributed by atoms with Crippen LogP contribution in [0.2, 0.25) is 0 Å². The Kier molecular flexibility index (Phi) is 3.03. The first-order valence-corrected chi connectivity index (χ1v) is 6.35. The lowest BCUT2D eigenvalue weighted by molar-refractivity contribution is 1.58. The van der Waals surface area contributed by atoms with E-state index in [0.717, 1.165) is 11.3 Å². The Labute approximate surface area is 113 Å². The lowest BCUT2D eigenvalue weighted by Crippen LogP contribution is -1.87. The fourth-order valence-electron chi connectivity index (χ4n) is 2.31. The highest BCUT2D eigenvalue weighted by atomic mass is 14.5. The first kappa shape index (κ1) is 11.5. The van der Waals surface area contributed by atoms with Gasteiger partial charge in [0.25, 0.3) is 0 Å². The summed E-state index contributed by atoms with van der Waals surface area (Å²) in [7, 11) is 0. The molecular formula is C18H15N. The van der Waals surface area contributed by atoms with Crippen molar-refractivity contribution < 1.29 is 0 Å². The van der Waals surface area contributed by atoms with Gasteiger partial charge in [-0.25, -0.2) is 0 Å². The predicted octanol–water partition coefficient (Wildman–Crippen LogP) is 4.60. The number of hydrogen-bond donors (Lipinski definition) is 1. The SMILES string of the molecule is Nc1cccc(-c2ccccc2-c2ccccc2)c1. The number of anilines is 1. The first-order chi connectivity index (χ1) is 9.34. The van der Waals surface area contributed by atoms with Gasteiger partial charge in [-0.05, 0) is 34.4 Å².